The molecule has 0 bridgehead atoms. The molecule has 1 aliphatic carbocycles. The number of alkyl halides is 4. The van der Waals surface area contributed by atoms with Crippen LogP contribution in [0.25, 0.3) is 0 Å². The van der Waals surface area contributed by atoms with E-state index in [-0.39, 0.29) is 12.1 Å². The summed E-state index contributed by atoms with van der Waals surface area (Å²) in [6.07, 6.45) is -1.57. The lowest BCUT2D eigenvalue weighted by atomic mass is 9.90. The number of hydrogen-bond acceptors (Lipinski definition) is 4. The summed E-state index contributed by atoms with van der Waals surface area (Å²) in [5.74, 6) is -8.85. The molecule has 0 unspecified atom stereocenters. The Morgan fingerprint density at radius 1 is 0.923 bits per heavy atom. The summed E-state index contributed by atoms with van der Waals surface area (Å²) in [6, 6.07) is 0. The molecule has 152 valence electrons. The molecule has 1 rings (SSSR count). The second-order valence-electron chi connectivity index (χ2n) is 7.81. The van der Waals surface area contributed by atoms with Crippen LogP contribution < -0.4 is 0 Å². The van der Waals surface area contributed by atoms with Crippen molar-refractivity contribution in [3.8, 4) is 0 Å². The summed E-state index contributed by atoms with van der Waals surface area (Å²) < 4.78 is 62.7. The summed E-state index contributed by atoms with van der Waals surface area (Å²) in [4.78, 5) is 23.7. The number of carbonyl (C=O) groups is 2. The molecule has 0 atom stereocenters. The van der Waals surface area contributed by atoms with Crippen LogP contribution in [-0.2, 0) is 19.1 Å². The average Bonchev–Trinajstić information content (AvgIpc) is 2.45. The fourth-order valence-corrected chi connectivity index (χ4v) is 2.68. The molecule has 0 aliphatic heterocycles. The molecule has 0 aromatic carbocycles. The number of ether oxygens (including phenoxy) is 2. The van der Waals surface area contributed by atoms with E-state index in [4.69, 9.17) is 9.47 Å². The molecule has 0 amide bonds. The minimum atomic E-state index is -3.81. The van der Waals surface area contributed by atoms with Crippen molar-refractivity contribution in [1.29, 1.82) is 0 Å². The van der Waals surface area contributed by atoms with Gasteiger partial charge in [0, 0.05) is 0 Å². The molecular weight excluding hydrogens is 356 g/mol. The van der Waals surface area contributed by atoms with E-state index in [0.717, 1.165) is 0 Å². The van der Waals surface area contributed by atoms with Crippen LogP contribution in [0.3, 0.4) is 0 Å². The molecular formula is C18H28F4O4. The highest BCUT2D eigenvalue weighted by atomic mass is 19.3. The number of esters is 2. The van der Waals surface area contributed by atoms with Gasteiger partial charge in [-0.1, -0.05) is 6.92 Å². The number of hydrogen-bond donors (Lipinski definition) is 0. The number of rotatable bonds is 8. The Morgan fingerprint density at radius 2 is 1.38 bits per heavy atom. The van der Waals surface area contributed by atoms with E-state index in [9.17, 15) is 27.2 Å². The maximum atomic E-state index is 13.4. The predicted octanol–water partition coefficient (Wildman–Crippen LogP) is 4.89. The van der Waals surface area contributed by atoms with E-state index in [1.54, 1.807) is 13.8 Å². The summed E-state index contributed by atoms with van der Waals surface area (Å²) in [5, 5.41) is 0. The van der Waals surface area contributed by atoms with Crippen LogP contribution in [0.5, 0.6) is 0 Å². The van der Waals surface area contributed by atoms with E-state index in [0.29, 0.717) is 39.0 Å². The first-order valence-corrected chi connectivity index (χ1v) is 8.90. The fraction of sp³-hybridized carbons (Fsp3) is 0.889. The largest absolute Gasteiger partial charge is 0.462 e. The van der Waals surface area contributed by atoms with Gasteiger partial charge in [0.2, 0.25) is 0 Å². The zero-order valence-electron chi connectivity index (χ0n) is 15.7. The third-order valence-corrected chi connectivity index (χ3v) is 4.60. The molecule has 8 heteroatoms. The molecule has 0 N–H and O–H groups in total. The quantitative estimate of drug-likeness (QED) is 0.442. The Kier molecular flexibility index (Phi) is 7.48. The first-order valence-electron chi connectivity index (χ1n) is 8.90. The van der Waals surface area contributed by atoms with Crippen molar-refractivity contribution >= 4 is 11.9 Å². The van der Waals surface area contributed by atoms with Crippen LogP contribution in [-0.4, -0.2) is 36.0 Å². The topological polar surface area (TPSA) is 52.6 Å². The number of halogens is 4. The smallest absolute Gasteiger partial charge is 0.312 e. The Balaban J connectivity index is 2.40. The van der Waals surface area contributed by atoms with Gasteiger partial charge < -0.3 is 9.47 Å². The Bertz CT molecular complexity index is 492. The third kappa shape index (κ3) is 7.91. The molecule has 0 radical (unpaired) electrons. The minimum Gasteiger partial charge on any atom is -0.462 e. The van der Waals surface area contributed by atoms with Crippen LogP contribution in [0.4, 0.5) is 17.6 Å². The Labute approximate surface area is 151 Å². The monoisotopic (exact) mass is 384 g/mol. The van der Waals surface area contributed by atoms with Gasteiger partial charge in [-0.2, -0.15) is 0 Å². The molecule has 4 nitrogen and oxygen atoms in total. The lowest BCUT2D eigenvalue weighted by molar-refractivity contribution is -0.170. The van der Waals surface area contributed by atoms with Crippen LogP contribution in [0.1, 0.15) is 72.6 Å². The second-order valence-corrected chi connectivity index (χ2v) is 7.81. The highest BCUT2D eigenvalue weighted by Crippen LogP contribution is 2.34. The third-order valence-electron chi connectivity index (χ3n) is 4.60. The molecule has 0 heterocycles. The molecule has 0 saturated heterocycles. The fourth-order valence-electron chi connectivity index (χ4n) is 2.68. The van der Waals surface area contributed by atoms with Gasteiger partial charge in [0.15, 0.2) is 0 Å². The summed E-state index contributed by atoms with van der Waals surface area (Å²) in [7, 11) is 0. The van der Waals surface area contributed by atoms with E-state index < -0.39 is 42.2 Å². The van der Waals surface area contributed by atoms with Gasteiger partial charge in [0.05, 0.1) is 11.8 Å². The average molecular weight is 384 g/mol. The minimum absolute atomic E-state index is 0.288. The lowest BCUT2D eigenvalue weighted by Crippen LogP contribution is -2.35. The summed E-state index contributed by atoms with van der Waals surface area (Å²) >= 11 is 0. The van der Waals surface area contributed by atoms with E-state index in [1.807, 2.05) is 6.92 Å². The molecule has 1 fully saturated rings. The van der Waals surface area contributed by atoms with Crippen LogP contribution >= 0.6 is 0 Å². The van der Waals surface area contributed by atoms with Gasteiger partial charge >= 0.3 is 11.9 Å². The first-order chi connectivity index (χ1) is 11.7. The van der Waals surface area contributed by atoms with Crippen LogP contribution in [0.15, 0.2) is 0 Å². The highest BCUT2D eigenvalue weighted by Gasteiger charge is 2.42. The normalized spacial score (nSPS) is 22.0. The molecule has 26 heavy (non-hydrogen) atoms. The standard InChI is InChI=1S/C18H28F4O4/c1-5-16(2,3)15(24)26-13-8-6-12(7-9-13)25-14(23)10-18(21,22)11-17(4,19)20/h12-13H,5-11H2,1-4H3. The molecule has 1 saturated carbocycles. The van der Waals surface area contributed by atoms with Crippen molar-refractivity contribution in [3.63, 3.8) is 0 Å². The van der Waals surface area contributed by atoms with Crippen molar-refractivity contribution in [1.82, 2.24) is 0 Å². The van der Waals surface area contributed by atoms with Crippen LogP contribution in [0, 0.1) is 5.41 Å². The maximum absolute atomic E-state index is 13.4. The van der Waals surface area contributed by atoms with Crippen LogP contribution in [0.2, 0.25) is 0 Å². The van der Waals surface area contributed by atoms with Crippen molar-refractivity contribution in [3.05, 3.63) is 0 Å². The van der Waals surface area contributed by atoms with Gasteiger partial charge in [0.25, 0.3) is 11.8 Å². The second kappa shape index (κ2) is 8.57. The first kappa shape index (κ1) is 22.7. The molecule has 0 aromatic heterocycles. The zero-order chi connectivity index (χ0) is 20.2. The van der Waals surface area contributed by atoms with Gasteiger partial charge in [-0.05, 0) is 52.9 Å². The Hall–Kier alpha value is -1.34. The number of carbonyl (C=O) groups excluding carboxylic acids is 2. The Morgan fingerprint density at radius 3 is 1.81 bits per heavy atom. The van der Waals surface area contributed by atoms with Gasteiger partial charge in [0.1, 0.15) is 18.6 Å². The van der Waals surface area contributed by atoms with Gasteiger partial charge in [-0.25, -0.2) is 17.6 Å². The van der Waals surface area contributed by atoms with Crippen molar-refractivity contribution in [2.75, 3.05) is 0 Å². The SMILES string of the molecule is CCC(C)(C)C(=O)OC1CCC(OC(=O)CC(F)(F)CC(C)(F)F)CC1. The maximum Gasteiger partial charge on any atom is 0.312 e. The van der Waals surface area contributed by atoms with E-state index in [2.05, 4.69) is 0 Å². The van der Waals surface area contributed by atoms with E-state index in [1.165, 1.54) is 0 Å². The van der Waals surface area contributed by atoms with Crippen molar-refractivity contribution < 1.29 is 36.6 Å². The summed E-state index contributed by atoms with van der Waals surface area (Å²) in [5.41, 5.74) is -0.573. The predicted molar refractivity (Wildman–Crippen MR) is 87.1 cm³/mol. The zero-order valence-corrected chi connectivity index (χ0v) is 15.7. The molecule has 0 aromatic rings. The van der Waals surface area contributed by atoms with Gasteiger partial charge in [-0.15, -0.1) is 0 Å². The summed E-state index contributed by atoms with van der Waals surface area (Å²) in [6.45, 7) is 5.86. The highest BCUT2D eigenvalue weighted by molar-refractivity contribution is 5.76. The molecule has 1 aliphatic rings. The van der Waals surface area contributed by atoms with Crippen molar-refractivity contribution in [2.45, 2.75) is 96.7 Å². The van der Waals surface area contributed by atoms with Crippen molar-refractivity contribution in [2.24, 2.45) is 5.41 Å². The van der Waals surface area contributed by atoms with Gasteiger partial charge in [-0.3, -0.25) is 9.59 Å². The molecule has 0 spiro atoms. The lowest BCUT2D eigenvalue weighted by Gasteiger charge is -2.31. The van der Waals surface area contributed by atoms with E-state index >= 15 is 0 Å².